The minimum Gasteiger partial charge on any atom is -0.469 e. The fourth-order valence-corrected chi connectivity index (χ4v) is 5.37. The number of thiocarbonyl (C=S) groups is 2. The molecule has 0 amide bonds. The molecule has 0 fully saturated rings. The van der Waals surface area contributed by atoms with Crippen molar-refractivity contribution in [1.82, 2.24) is 10.6 Å². The highest BCUT2D eigenvalue weighted by Gasteiger charge is 2.23. The van der Waals surface area contributed by atoms with Gasteiger partial charge in [0.05, 0.1) is 50.0 Å². The Morgan fingerprint density at radius 3 is 1.43 bits per heavy atom. The molecule has 2 aliphatic rings. The molecule has 2 aliphatic heterocycles. The Labute approximate surface area is 186 Å². The summed E-state index contributed by atoms with van der Waals surface area (Å²) in [6, 6.07) is -0.741. The molecule has 2 N–H and O–H groups in total. The molecule has 2 heterocycles. The van der Waals surface area contributed by atoms with Gasteiger partial charge in [0.1, 0.15) is 13.2 Å². The number of hydrogen-bond acceptors (Lipinski definition) is 10. The van der Waals surface area contributed by atoms with E-state index in [2.05, 4.69) is 10.6 Å². The normalized spacial score (nSPS) is 23.2. The maximum absolute atomic E-state index is 11.3. The molecule has 30 heavy (non-hydrogen) atoms. The fraction of sp³-hybridized carbons (Fsp3) is 0.625. The van der Waals surface area contributed by atoms with Gasteiger partial charge in [0.15, 0.2) is 19.7 Å². The second-order valence-corrected chi connectivity index (χ2v) is 10.9. The zero-order valence-corrected chi connectivity index (χ0v) is 19.3. The average Bonchev–Trinajstić information content (AvgIpc) is 3.16. The molecule has 0 spiro atoms. The summed E-state index contributed by atoms with van der Waals surface area (Å²) in [4.78, 5) is 0. The molecular formula is C16H24N2O8S4. The van der Waals surface area contributed by atoms with Gasteiger partial charge in [0, 0.05) is 10.8 Å². The first-order chi connectivity index (χ1) is 14.2. The van der Waals surface area contributed by atoms with Crippen LogP contribution in [0, 0.1) is 0 Å². The molecule has 0 aromatic heterocycles. The summed E-state index contributed by atoms with van der Waals surface area (Å²) in [7, 11) is -6.28. The molecule has 0 aromatic rings. The van der Waals surface area contributed by atoms with E-state index >= 15 is 0 Å². The third-order valence-electron chi connectivity index (χ3n) is 3.76. The lowest BCUT2D eigenvalue weighted by molar-refractivity contribution is 0.0247. The lowest BCUT2D eigenvalue weighted by atomic mass is 10.3. The van der Waals surface area contributed by atoms with Crippen molar-refractivity contribution in [3.63, 3.8) is 0 Å². The van der Waals surface area contributed by atoms with Crippen LogP contribution in [0.1, 0.15) is 0 Å². The van der Waals surface area contributed by atoms with Crippen LogP contribution in [0.3, 0.4) is 0 Å². The van der Waals surface area contributed by atoms with E-state index in [-0.39, 0.29) is 47.2 Å². The standard InChI is InChI=1S/C16H24N2O8S4/c19-29(20)9-1-13(11-29)17-15(27)25-7-5-23-3-4-24-6-8-26-16(28)18-14-2-10-30(21,22)12-14/h1-2,9-10,13-14H,3-8,11-12H2,(H,17,27)(H,18,28). The van der Waals surface area contributed by atoms with Gasteiger partial charge in [-0.25, -0.2) is 16.8 Å². The largest absolute Gasteiger partial charge is 0.469 e. The van der Waals surface area contributed by atoms with E-state index in [0.717, 1.165) is 10.8 Å². The van der Waals surface area contributed by atoms with E-state index in [0.29, 0.717) is 26.4 Å². The molecule has 170 valence electrons. The van der Waals surface area contributed by atoms with Crippen molar-refractivity contribution < 1.29 is 35.8 Å². The molecule has 2 atom stereocenters. The highest BCUT2D eigenvalue weighted by molar-refractivity contribution is 7.94. The van der Waals surface area contributed by atoms with Gasteiger partial charge in [-0.1, -0.05) is 0 Å². The summed E-state index contributed by atoms with van der Waals surface area (Å²) in [5, 5.41) is 8.15. The number of hydrogen-bond donors (Lipinski definition) is 2. The second kappa shape index (κ2) is 11.9. The van der Waals surface area contributed by atoms with Crippen LogP contribution in [-0.2, 0) is 38.6 Å². The molecule has 0 aliphatic carbocycles. The van der Waals surface area contributed by atoms with Crippen molar-refractivity contribution >= 4 is 54.5 Å². The third kappa shape index (κ3) is 10.1. The Morgan fingerprint density at radius 1 is 0.733 bits per heavy atom. The molecule has 0 radical (unpaired) electrons. The van der Waals surface area contributed by atoms with Crippen LogP contribution < -0.4 is 10.6 Å². The Kier molecular flexibility index (Phi) is 9.90. The van der Waals surface area contributed by atoms with Gasteiger partial charge in [0.25, 0.3) is 10.3 Å². The van der Waals surface area contributed by atoms with Crippen molar-refractivity contribution in [3.8, 4) is 0 Å². The van der Waals surface area contributed by atoms with Crippen LogP contribution in [0.15, 0.2) is 23.0 Å². The first-order valence-corrected chi connectivity index (χ1v) is 13.2. The Bertz CT molecular complexity index is 798. The summed E-state index contributed by atoms with van der Waals surface area (Å²) in [6.07, 6.45) is 3.06. The predicted molar refractivity (Wildman–Crippen MR) is 118 cm³/mol. The Morgan fingerprint density at radius 2 is 1.10 bits per heavy atom. The molecule has 10 nitrogen and oxygen atoms in total. The SMILES string of the molecule is O=S1(=O)C=CC(NC(=S)OCCOCCOCCOC(=S)NC2C=CS(=O)(=O)C2)C1. The van der Waals surface area contributed by atoms with Crippen LogP contribution in [0.25, 0.3) is 0 Å². The minimum atomic E-state index is -3.14. The van der Waals surface area contributed by atoms with Crippen molar-refractivity contribution in [2.45, 2.75) is 12.1 Å². The zero-order valence-electron chi connectivity index (χ0n) is 16.0. The molecular weight excluding hydrogens is 476 g/mol. The van der Waals surface area contributed by atoms with Crippen LogP contribution >= 0.6 is 24.4 Å². The molecule has 0 saturated carbocycles. The van der Waals surface area contributed by atoms with Crippen molar-refractivity contribution in [3.05, 3.63) is 23.0 Å². The van der Waals surface area contributed by atoms with Gasteiger partial charge in [-0.2, -0.15) is 0 Å². The molecule has 2 rings (SSSR count). The van der Waals surface area contributed by atoms with E-state index in [4.69, 9.17) is 43.4 Å². The van der Waals surface area contributed by atoms with E-state index in [1.54, 1.807) is 0 Å². The van der Waals surface area contributed by atoms with E-state index < -0.39 is 19.7 Å². The quantitative estimate of drug-likeness (QED) is 0.278. The first-order valence-electron chi connectivity index (χ1n) is 8.99. The smallest absolute Gasteiger partial charge is 0.257 e. The zero-order chi connectivity index (χ0) is 22.0. The summed E-state index contributed by atoms with van der Waals surface area (Å²) >= 11 is 9.97. The monoisotopic (exact) mass is 500 g/mol. The summed E-state index contributed by atoms with van der Waals surface area (Å²) in [5.41, 5.74) is 0. The van der Waals surface area contributed by atoms with Gasteiger partial charge in [0.2, 0.25) is 0 Å². The molecule has 0 saturated heterocycles. The number of sulfone groups is 2. The predicted octanol–water partition coefficient (Wildman–Crippen LogP) is -0.577. The van der Waals surface area contributed by atoms with Gasteiger partial charge in [-0.3, -0.25) is 0 Å². The van der Waals surface area contributed by atoms with E-state index in [9.17, 15) is 16.8 Å². The first kappa shape index (κ1) is 24.9. The van der Waals surface area contributed by atoms with Gasteiger partial charge < -0.3 is 29.6 Å². The Balaban J connectivity index is 1.37. The summed E-state index contributed by atoms with van der Waals surface area (Å²) < 4.78 is 66.3. The molecule has 14 heteroatoms. The van der Waals surface area contributed by atoms with Gasteiger partial charge in [-0.15, -0.1) is 0 Å². The lowest BCUT2D eigenvalue weighted by Crippen LogP contribution is -2.36. The third-order valence-corrected chi connectivity index (χ3v) is 7.02. The van der Waals surface area contributed by atoms with Gasteiger partial charge in [-0.05, 0) is 36.6 Å². The average molecular weight is 501 g/mol. The van der Waals surface area contributed by atoms with Crippen LogP contribution in [0.5, 0.6) is 0 Å². The summed E-state index contributed by atoms with van der Waals surface area (Å²) in [6.45, 7) is 1.74. The molecule has 2 unspecified atom stereocenters. The Hall–Kier alpha value is -1.32. The summed E-state index contributed by atoms with van der Waals surface area (Å²) in [5.74, 6) is -0.0667. The van der Waals surface area contributed by atoms with Gasteiger partial charge >= 0.3 is 0 Å². The highest BCUT2D eigenvalue weighted by atomic mass is 32.2. The van der Waals surface area contributed by atoms with Crippen LogP contribution in [0.2, 0.25) is 0 Å². The number of rotatable bonds is 11. The maximum Gasteiger partial charge on any atom is 0.257 e. The van der Waals surface area contributed by atoms with Crippen LogP contribution in [0.4, 0.5) is 0 Å². The minimum absolute atomic E-state index is 0.0334. The van der Waals surface area contributed by atoms with Crippen molar-refractivity contribution in [2.75, 3.05) is 51.1 Å². The number of nitrogens with one attached hydrogen (secondary N) is 2. The highest BCUT2D eigenvalue weighted by Crippen LogP contribution is 2.08. The second-order valence-electron chi connectivity index (χ2n) is 6.31. The topological polar surface area (TPSA) is 129 Å². The molecule has 0 aromatic carbocycles. The maximum atomic E-state index is 11.3. The lowest BCUT2D eigenvalue weighted by Gasteiger charge is -2.14. The van der Waals surface area contributed by atoms with Crippen LogP contribution in [-0.4, -0.2) is 90.4 Å². The number of ether oxygens (including phenoxy) is 4. The fourth-order valence-electron chi connectivity index (χ4n) is 2.43. The molecule has 0 bridgehead atoms. The van der Waals surface area contributed by atoms with Crippen molar-refractivity contribution in [2.24, 2.45) is 0 Å². The van der Waals surface area contributed by atoms with E-state index in [1.165, 1.54) is 12.2 Å². The van der Waals surface area contributed by atoms with Crippen molar-refractivity contribution in [1.29, 1.82) is 0 Å². The van der Waals surface area contributed by atoms with E-state index in [1.807, 2.05) is 0 Å².